The number of nitrogens with one attached hydrogen (secondary N) is 2. The van der Waals surface area contributed by atoms with E-state index in [0.29, 0.717) is 5.56 Å². The SMILES string of the molecule is Cc1ccc(C(=O)NCC(=O)Nc2cccc3c2CCCC3)cc1. The van der Waals surface area contributed by atoms with Crippen molar-refractivity contribution in [2.45, 2.75) is 32.6 Å². The van der Waals surface area contributed by atoms with Gasteiger partial charge in [0.05, 0.1) is 6.54 Å². The second kappa shape index (κ2) is 7.30. The van der Waals surface area contributed by atoms with E-state index >= 15 is 0 Å². The van der Waals surface area contributed by atoms with E-state index in [1.54, 1.807) is 12.1 Å². The highest BCUT2D eigenvalue weighted by atomic mass is 16.2. The van der Waals surface area contributed by atoms with Crippen molar-refractivity contribution in [3.63, 3.8) is 0 Å². The molecule has 1 aliphatic carbocycles. The fourth-order valence-corrected chi connectivity index (χ4v) is 3.06. The Morgan fingerprint density at radius 2 is 1.75 bits per heavy atom. The molecule has 0 saturated heterocycles. The Morgan fingerprint density at radius 1 is 1.00 bits per heavy atom. The molecular formula is C20H22N2O2. The summed E-state index contributed by atoms with van der Waals surface area (Å²) < 4.78 is 0. The fourth-order valence-electron chi connectivity index (χ4n) is 3.06. The van der Waals surface area contributed by atoms with Gasteiger partial charge in [0.1, 0.15) is 0 Å². The van der Waals surface area contributed by atoms with Gasteiger partial charge in [0, 0.05) is 11.3 Å². The molecule has 0 unspecified atom stereocenters. The van der Waals surface area contributed by atoms with Gasteiger partial charge in [-0.2, -0.15) is 0 Å². The number of fused-ring (bicyclic) bond motifs is 1. The summed E-state index contributed by atoms with van der Waals surface area (Å²) >= 11 is 0. The molecule has 124 valence electrons. The Hall–Kier alpha value is -2.62. The van der Waals surface area contributed by atoms with Crippen LogP contribution < -0.4 is 10.6 Å². The van der Waals surface area contributed by atoms with E-state index in [1.807, 2.05) is 31.2 Å². The summed E-state index contributed by atoms with van der Waals surface area (Å²) in [6.07, 6.45) is 4.44. The first-order valence-corrected chi connectivity index (χ1v) is 8.39. The average Bonchev–Trinajstić information content (AvgIpc) is 2.61. The number of benzene rings is 2. The molecule has 24 heavy (non-hydrogen) atoms. The third-order valence-corrected chi connectivity index (χ3v) is 4.39. The van der Waals surface area contributed by atoms with Crippen LogP contribution in [-0.2, 0) is 17.6 Å². The number of hydrogen-bond donors (Lipinski definition) is 2. The van der Waals surface area contributed by atoms with Gasteiger partial charge >= 0.3 is 0 Å². The molecule has 4 heteroatoms. The number of aryl methyl sites for hydroxylation is 2. The summed E-state index contributed by atoms with van der Waals surface area (Å²) in [4.78, 5) is 24.2. The Bertz CT molecular complexity index is 751. The molecule has 3 rings (SSSR count). The predicted molar refractivity (Wildman–Crippen MR) is 95.2 cm³/mol. The number of anilines is 1. The van der Waals surface area contributed by atoms with Gasteiger partial charge in [-0.1, -0.05) is 29.8 Å². The number of carbonyl (C=O) groups excluding carboxylic acids is 2. The highest BCUT2D eigenvalue weighted by Crippen LogP contribution is 2.27. The van der Waals surface area contributed by atoms with Gasteiger partial charge in [0.2, 0.25) is 5.91 Å². The van der Waals surface area contributed by atoms with Crippen molar-refractivity contribution in [3.05, 3.63) is 64.7 Å². The van der Waals surface area contributed by atoms with E-state index in [2.05, 4.69) is 16.7 Å². The maximum atomic E-state index is 12.2. The fraction of sp³-hybridized carbons (Fsp3) is 0.300. The van der Waals surface area contributed by atoms with Gasteiger partial charge in [-0.05, 0) is 61.9 Å². The van der Waals surface area contributed by atoms with Crippen LogP contribution in [-0.4, -0.2) is 18.4 Å². The molecule has 0 fully saturated rings. The maximum Gasteiger partial charge on any atom is 0.251 e. The predicted octanol–water partition coefficient (Wildman–Crippen LogP) is 3.24. The van der Waals surface area contributed by atoms with Gasteiger partial charge in [0.15, 0.2) is 0 Å². The highest BCUT2D eigenvalue weighted by Gasteiger charge is 2.15. The normalized spacial score (nSPS) is 13.0. The van der Waals surface area contributed by atoms with Crippen molar-refractivity contribution in [2.24, 2.45) is 0 Å². The van der Waals surface area contributed by atoms with E-state index in [0.717, 1.165) is 30.5 Å². The van der Waals surface area contributed by atoms with Crippen LogP contribution in [0.4, 0.5) is 5.69 Å². The standard InChI is InChI=1S/C20H22N2O2/c1-14-9-11-16(12-10-14)20(24)21-13-19(23)22-18-8-4-6-15-5-2-3-7-17(15)18/h4,6,8-12H,2-3,5,7,13H2,1H3,(H,21,24)(H,22,23). The monoisotopic (exact) mass is 322 g/mol. The van der Waals surface area contributed by atoms with Crippen LogP contribution in [0, 0.1) is 6.92 Å². The number of hydrogen-bond acceptors (Lipinski definition) is 2. The lowest BCUT2D eigenvalue weighted by molar-refractivity contribution is -0.115. The third kappa shape index (κ3) is 3.82. The van der Waals surface area contributed by atoms with Crippen LogP contribution in [0.1, 0.15) is 39.9 Å². The lowest BCUT2D eigenvalue weighted by Crippen LogP contribution is -2.33. The molecule has 2 N–H and O–H groups in total. The molecule has 0 saturated carbocycles. The van der Waals surface area contributed by atoms with Crippen LogP contribution in [0.5, 0.6) is 0 Å². The summed E-state index contributed by atoms with van der Waals surface area (Å²) in [7, 11) is 0. The molecule has 0 aromatic heterocycles. The summed E-state index contributed by atoms with van der Waals surface area (Å²) in [5.74, 6) is -0.435. The van der Waals surface area contributed by atoms with E-state index in [4.69, 9.17) is 0 Å². The first-order valence-electron chi connectivity index (χ1n) is 8.39. The molecule has 0 bridgehead atoms. The minimum Gasteiger partial charge on any atom is -0.343 e. The minimum absolute atomic E-state index is 0.0314. The molecular weight excluding hydrogens is 300 g/mol. The Balaban J connectivity index is 1.58. The largest absolute Gasteiger partial charge is 0.343 e. The van der Waals surface area contributed by atoms with E-state index < -0.39 is 0 Å². The summed E-state index contributed by atoms with van der Waals surface area (Å²) in [6.45, 7) is 1.94. The van der Waals surface area contributed by atoms with Crippen LogP contribution >= 0.6 is 0 Å². The van der Waals surface area contributed by atoms with Gasteiger partial charge in [-0.25, -0.2) is 0 Å². The molecule has 1 aliphatic rings. The molecule has 0 aliphatic heterocycles. The summed E-state index contributed by atoms with van der Waals surface area (Å²) in [5, 5.41) is 5.60. The zero-order valence-electron chi connectivity index (χ0n) is 13.9. The van der Waals surface area contributed by atoms with E-state index in [1.165, 1.54) is 17.5 Å². The Labute approximate surface area is 142 Å². The molecule has 0 heterocycles. The van der Waals surface area contributed by atoms with Crippen molar-refractivity contribution in [1.29, 1.82) is 0 Å². The molecule has 0 radical (unpaired) electrons. The van der Waals surface area contributed by atoms with E-state index in [9.17, 15) is 9.59 Å². The van der Waals surface area contributed by atoms with Gasteiger partial charge < -0.3 is 10.6 Å². The lowest BCUT2D eigenvalue weighted by Gasteiger charge is -2.19. The highest BCUT2D eigenvalue weighted by molar-refractivity contribution is 5.99. The van der Waals surface area contributed by atoms with Gasteiger partial charge in [-0.3, -0.25) is 9.59 Å². The maximum absolute atomic E-state index is 12.2. The van der Waals surface area contributed by atoms with Crippen LogP contribution in [0.15, 0.2) is 42.5 Å². The molecule has 0 atom stereocenters. The average molecular weight is 322 g/mol. The van der Waals surface area contributed by atoms with Crippen molar-refractivity contribution in [1.82, 2.24) is 5.32 Å². The third-order valence-electron chi connectivity index (χ3n) is 4.39. The van der Waals surface area contributed by atoms with Crippen molar-refractivity contribution in [2.75, 3.05) is 11.9 Å². The topological polar surface area (TPSA) is 58.2 Å². The molecule has 2 aromatic rings. The number of amides is 2. The first-order chi connectivity index (χ1) is 11.6. The van der Waals surface area contributed by atoms with Crippen LogP contribution in [0.25, 0.3) is 0 Å². The zero-order valence-corrected chi connectivity index (χ0v) is 13.9. The van der Waals surface area contributed by atoms with Crippen LogP contribution in [0.2, 0.25) is 0 Å². The number of carbonyl (C=O) groups is 2. The van der Waals surface area contributed by atoms with E-state index in [-0.39, 0.29) is 18.4 Å². The second-order valence-electron chi connectivity index (χ2n) is 6.25. The smallest absolute Gasteiger partial charge is 0.251 e. The summed E-state index contributed by atoms with van der Waals surface area (Å²) in [6, 6.07) is 13.3. The molecule has 4 nitrogen and oxygen atoms in total. The first kappa shape index (κ1) is 16.2. The Kier molecular flexibility index (Phi) is 4.94. The minimum atomic E-state index is -0.236. The van der Waals surface area contributed by atoms with Crippen molar-refractivity contribution >= 4 is 17.5 Å². The Morgan fingerprint density at radius 3 is 2.54 bits per heavy atom. The zero-order chi connectivity index (χ0) is 16.9. The van der Waals surface area contributed by atoms with Crippen molar-refractivity contribution < 1.29 is 9.59 Å². The summed E-state index contributed by atoms with van der Waals surface area (Å²) in [5.41, 5.74) is 5.09. The van der Waals surface area contributed by atoms with Gasteiger partial charge in [-0.15, -0.1) is 0 Å². The molecule has 2 aromatic carbocycles. The number of rotatable bonds is 4. The molecule has 0 spiro atoms. The van der Waals surface area contributed by atoms with Crippen LogP contribution in [0.3, 0.4) is 0 Å². The van der Waals surface area contributed by atoms with Crippen molar-refractivity contribution in [3.8, 4) is 0 Å². The molecule has 2 amide bonds. The van der Waals surface area contributed by atoms with Gasteiger partial charge in [0.25, 0.3) is 5.91 Å². The lowest BCUT2D eigenvalue weighted by atomic mass is 9.90. The quantitative estimate of drug-likeness (QED) is 0.908. The second-order valence-corrected chi connectivity index (χ2v) is 6.25.